The van der Waals surface area contributed by atoms with Crippen LogP contribution in [-0.4, -0.2) is 29.6 Å². The summed E-state index contributed by atoms with van der Waals surface area (Å²) in [6, 6.07) is 3.65. The molecule has 0 unspecified atom stereocenters. The second-order valence-corrected chi connectivity index (χ2v) is 4.47. The second-order valence-electron chi connectivity index (χ2n) is 4.47. The Morgan fingerprint density at radius 2 is 1.95 bits per heavy atom. The van der Waals surface area contributed by atoms with Crippen molar-refractivity contribution in [2.45, 2.75) is 26.3 Å². The minimum atomic E-state index is -0.647. The first-order valence-corrected chi connectivity index (χ1v) is 6.76. The molecule has 21 heavy (non-hydrogen) atoms. The van der Waals surface area contributed by atoms with Crippen LogP contribution >= 0.6 is 0 Å². The average Bonchev–Trinajstić information content (AvgIpc) is 2.46. The number of nitrogens with one attached hydrogen (secondary N) is 1. The highest BCUT2D eigenvalue weighted by atomic mass is 16.6. The fourth-order valence-electron chi connectivity index (χ4n) is 1.70. The third kappa shape index (κ3) is 5.84. The zero-order valence-corrected chi connectivity index (χ0v) is 11.9. The van der Waals surface area contributed by atoms with Crippen molar-refractivity contribution < 1.29 is 14.6 Å². The number of hydrogen-bond acceptors (Lipinski definition) is 6. The molecule has 116 valence electrons. The van der Waals surface area contributed by atoms with Gasteiger partial charge >= 0.3 is 0 Å². The van der Waals surface area contributed by atoms with Gasteiger partial charge in [0, 0.05) is 31.3 Å². The van der Waals surface area contributed by atoms with Gasteiger partial charge in [0.05, 0.1) is 22.5 Å². The smallest absolute Gasteiger partial charge is 0.280 e. The zero-order valence-electron chi connectivity index (χ0n) is 11.9. The van der Waals surface area contributed by atoms with Crippen LogP contribution in [0.3, 0.4) is 0 Å². The van der Waals surface area contributed by atoms with Gasteiger partial charge in [-0.15, -0.1) is 0 Å². The standard InChI is InChI=1S/C13H19N3O5/c1-2-3-7-21-8-6-14-10-11-4-5-12(15(17)18)9-13(11)16(19)20/h4-5,9,14H,2-3,6-8,10H2,1H3. The number of unbranched alkanes of at least 4 members (excludes halogenated alkanes) is 1. The molecule has 0 radical (unpaired) electrons. The number of rotatable bonds is 10. The van der Waals surface area contributed by atoms with Gasteiger partial charge in [-0.25, -0.2) is 0 Å². The molecule has 0 spiro atoms. The summed E-state index contributed by atoms with van der Waals surface area (Å²) in [4.78, 5) is 20.3. The van der Waals surface area contributed by atoms with Gasteiger partial charge in [0.15, 0.2) is 0 Å². The molecule has 1 aromatic carbocycles. The lowest BCUT2D eigenvalue weighted by Gasteiger charge is -2.06. The van der Waals surface area contributed by atoms with E-state index >= 15 is 0 Å². The molecular weight excluding hydrogens is 278 g/mol. The number of ether oxygens (including phenoxy) is 1. The minimum Gasteiger partial charge on any atom is -0.380 e. The van der Waals surface area contributed by atoms with Crippen LogP contribution in [-0.2, 0) is 11.3 Å². The Morgan fingerprint density at radius 1 is 1.19 bits per heavy atom. The van der Waals surface area contributed by atoms with E-state index in [1.807, 2.05) is 0 Å². The Labute approximate surface area is 122 Å². The fourth-order valence-corrected chi connectivity index (χ4v) is 1.70. The third-order valence-corrected chi connectivity index (χ3v) is 2.86. The number of benzene rings is 1. The quantitative estimate of drug-likeness (QED) is 0.403. The van der Waals surface area contributed by atoms with Crippen molar-refractivity contribution in [3.05, 3.63) is 44.0 Å². The van der Waals surface area contributed by atoms with Crippen LogP contribution in [0.15, 0.2) is 18.2 Å². The molecule has 1 aromatic rings. The van der Waals surface area contributed by atoms with Crippen LogP contribution in [0.5, 0.6) is 0 Å². The van der Waals surface area contributed by atoms with E-state index in [4.69, 9.17) is 4.74 Å². The largest absolute Gasteiger partial charge is 0.380 e. The Balaban J connectivity index is 2.51. The molecule has 0 aromatic heterocycles. The van der Waals surface area contributed by atoms with Crippen molar-refractivity contribution in [2.24, 2.45) is 0 Å². The molecule has 0 saturated carbocycles. The summed E-state index contributed by atoms with van der Waals surface area (Å²) in [6.07, 6.45) is 2.08. The summed E-state index contributed by atoms with van der Waals surface area (Å²) in [5, 5.41) is 24.6. The van der Waals surface area contributed by atoms with E-state index in [-0.39, 0.29) is 17.9 Å². The molecule has 8 heteroatoms. The highest BCUT2D eigenvalue weighted by molar-refractivity contribution is 5.49. The molecule has 0 heterocycles. The van der Waals surface area contributed by atoms with E-state index in [0.29, 0.717) is 25.3 Å². The number of nitro benzene ring substituents is 2. The maximum Gasteiger partial charge on any atom is 0.280 e. The Kier molecular flexibility index (Phi) is 7.27. The van der Waals surface area contributed by atoms with Crippen molar-refractivity contribution in [1.29, 1.82) is 0 Å². The number of non-ortho nitro benzene ring substituents is 1. The number of nitro groups is 2. The number of nitrogens with zero attached hydrogens (tertiary/aromatic N) is 2. The van der Waals surface area contributed by atoms with Gasteiger partial charge in [0.2, 0.25) is 0 Å². The van der Waals surface area contributed by atoms with Crippen LogP contribution in [0.25, 0.3) is 0 Å². The first kappa shape index (κ1) is 17.0. The molecule has 0 aliphatic rings. The van der Waals surface area contributed by atoms with Gasteiger partial charge < -0.3 is 10.1 Å². The van der Waals surface area contributed by atoms with Crippen molar-refractivity contribution in [3.8, 4) is 0 Å². The molecular formula is C13H19N3O5. The van der Waals surface area contributed by atoms with E-state index in [1.165, 1.54) is 12.1 Å². The van der Waals surface area contributed by atoms with Crippen molar-refractivity contribution in [1.82, 2.24) is 5.32 Å². The molecule has 0 amide bonds. The SMILES string of the molecule is CCCCOCCNCc1ccc([N+](=O)[O-])cc1[N+](=O)[O-]. The van der Waals surface area contributed by atoms with Crippen LogP contribution < -0.4 is 5.32 Å². The van der Waals surface area contributed by atoms with E-state index in [2.05, 4.69) is 12.2 Å². The molecule has 0 aliphatic carbocycles. The third-order valence-electron chi connectivity index (χ3n) is 2.86. The molecule has 1 rings (SSSR count). The Morgan fingerprint density at radius 3 is 2.57 bits per heavy atom. The highest BCUT2D eigenvalue weighted by Gasteiger charge is 2.18. The maximum atomic E-state index is 10.9. The summed E-state index contributed by atoms with van der Waals surface area (Å²) < 4.78 is 5.35. The molecule has 0 atom stereocenters. The molecule has 0 fully saturated rings. The molecule has 1 N–H and O–H groups in total. The maximum absolute atomic E-state index is 10.9. The normalized spacial score (nSPS) is 10.5. The average molecular weight is 297 g/mol. The van der Waals surface area contributed by atoms with Gasteiger partial charge in [0.1, 0.15) is 0 Å². The topological polar surface area (TPSA) is 108 Å². The summed E-state index contributed by atoms with van der Waals surface area (Å²) >= 11 is 0. The van der Waals surface area contributed by atoms with Crippen molar-refractivity contribution in [3.63, 3.8) is 0 Å². The summed E-state index contributed by atoms with van der Waals surface area (Å²) in [6.45, 7) is 4.15. The van der Waals surface area contributed by atoms with E-state index in [1.54, 1.807) is 0 Å². The van der Waals surface area contributed by atoms with Gasteiger partial charge in [-0.2, -0.15) is 0 Å². The van der Waals surface area contributed by atoms with Crippen LogP contribution in [0, 0.1) is 20.2 Å². The Hall–Kier alpha value is -2.06. The van der Waals surface area contributed by atoms with Gasteiger partial charge in [0.25, 0.3) is 11.4 Å². The predicted molar refractivity (Wildman–Crippen MR) is 77.2 cm³/mol. The monoisotopic (exact) mass is 297 g/mol. The lowest BCUT2D eigenvalue weighted by Crippen LogP contribution is -2.20. The first-order valence-electron chi connectivity index (χ1n) is 6.76. The zero-order chi connectivity index (χ0) is 15.7. The predicted octanol–water partition coefficient (Wildman–Crippen LogP) is 2.41. The van der Waals surface area contributed by atoms with Crippen molar-refractivity contribution >= 4 is 11.4 Å². The van der Waals surface area contributed by atoms with Gasteiger partial charge in [-0.3, -0.25) is 20.2 Å². The summed E-state index contributed by atoms with van der Waals surface area (Å²) in [7, 11) is 0. The Bertz CT molecular complexity index is 493. The molecule has 0 aliphatic heterocycles. The van der Waals surface area contributed by atoms with E-state index in [9.17, 15) is 20.2 Å². The number of hydrogen-bond donors (Lipinski definition) is 1. The fraction of sp³-hybridized carbons (Fsp3) is 0.538. The summed E-state index contributed by atoms with van der Waals surface area (Å²) in [5.41, 5.74) is -0.115. The summed E-state index contributed by atoms with van der Waals surface area (Å²) in [5.74, 6) is 0. The molecule has 0 saturated heterocycles. The van der Waals surface area contributed by atoms with Crippen LogP contribution in [0.2, 0.25) is 0 Å². The van der Waals surface area contributed by atoms with Crippen molar-refractivity contribution in [2.75, 3.05) is 19.8 Å². The van der Waals surface area contributed by atoms with Gasteiger partial charge in [-0.05, 0) is 12.5 Å². The lowest BCUT2D eigenvalue weighted by molar-refractivity contribution is -0.394. The first-order chi connectivity index (χ1) is 10.1. The van der Waals surface area contributed by atoms with E-state index in [0.717, 1.165) is 18.9 Å². The highest BCUT2D eigenvalue weighted by Crippen LogP contribution is 2.24. The molecule has 8 nitrogen and oxygen atoms in total. The molecule has 0 bridgehead atoms. The van der Waals surface area contributed by atoms with Crippen LogP contribution in [0.4, 0.5) is 11.4 Å². The van der Waals surface area contributed by atoms with Crippen LogP contribution in [0.1, 0.15) is 25.3 Å². The van der Waals surface area contributed by atoms with E-state index < -0.39 is 9.85 Å². The second kappa shape index (κ2) is 8.98. The lowest BCUT2D eigenvalue weighted by atomic mass is 10.1. The minimum absolute atomic E-state index is 0.247. The van der Waals surface area contributed by atoms with Gasteiger partial charge in [-0.1, -0.05) is 13.3 Å².